The summed E-state index contributed by atoms with van der Waals surface area (Å²) in [5, 5.41) is 19.4. The van der Waals surface area contributed by atoms with Gasteiger partial charge in [0.25, 0.3) is 0 Å². The number of aromatic nitrogens is 7. The molecule has 2 aromatic rings. The van der Waals surface area contributed by atoms with E-state index in [-0.39, 0.29) is 11.6 Å². The summed E-state index contributed by atoms with van der Waals surface area (Å²) in [7, 11) is 1.68. The number of carbonyl (C=O) groups excluding carboxylic acids is 1. The maximum atomic E-state index is 11.9. The Morgan fingerprint density at radius 1 is 1.30 bits per heavy atom. The molecule has 0 aliphatic heterocycles. The second kappa shape index (κ2) is 5.76. The SMILES string of the molecule is Cc1c(C(=O)OCC(C)C)nnn1Cc1nnn(C)n1. The highest BCUT2D eigenvalue weighted by atomic mass is 16.5. The fourth-order valence-electron chi connectivity index (χ4n) is 1.53. The number of hydrogen-bond acceptors (Lipinski definition) is 7. The normalized spacial score (nSPS) is 11.1. The molecule has 20 heavy (non-hydrogen) atoms. The summed E-state index contributed by atoms with van der Waals surface area (Å²) >= 11 is 0. The van der Waals surface area contributed by atoms with Crippen molar-refractivity contribution in [3.8, 4) is 0 Å². The molecule has 0 radical (unpaired) electrons. The summed E-state index contributed by atoms with van der Waals surface area (Å²) in [4.78, 5) is 13.2. The van der Waals surface area contributed by atoms with Gasteiger partial charge in [0, 0.05) is 0 Å². The van der Waals surface area contributed by atoms with E-state index >= 15 is 0 Å². The molecule has 0 aliphatic rings. The summed E-state index contributed by atoms with van der Waals surface area (Å²) in [6.45, 7) is 6.36. The Morgan fingerprint density at radius 2 is 2.05 bits per heavy atom. The second-order valence-electron chi connectivity index (χ2n) is 4.87. The lowest BCUT2D eigenvalue weighted by molar-refractivity contribution is 0.0451. The third-order valence-corrected chi connectivity index (χ3v) is 2.56. The van der Waals surface area contributed by atoms with Crippen LogP contribution < -0.4 is 0 Å². The molecular weight excluding hydrogens is 262 g/mol. The van der Waals surface area contributed by atoms with Crippen LogP contribution in [-0.2, 0) is 18.3 Å². The maximum Gasteiger partial charge on any atom is 0.360 e. The van der Waals surface area contributed by atoms with Crippen LogP contribution in [0.1, 0.15) is 35.9 Å². The van der Waals surface area contributed by atoms with Gasteiger partial charge in [0.15, 0.2) is 11.5 Å². The molecule has 0 aliphatic carbocycles. The number of tetrazole rings is 1. The molecule has 0 atom stereocenters. The maximum absolute atomic E-state index is 11.9. The van der Waals surface area contributed by atoms with Crippen molar-refractivity contribution in [2.24, 2.45) is 13.0 Å². The summed E-state index contributed by atoms with van der Waals surface area (Å²) in [5.41, 5.74) is 0.834. The van der Waals surface area contributed by atoms with Crippen molar-refractivity contribution in [3.63, 3.8) is 0 Å². The van der Waals surface area contributed by atoms with Gasteiger partial charge in [0.1, 0.15) is 6.54 Å². The summed E-state index contributed by atoms with van der Waals surface area (Å²) < 4.78 is 6.68. The van der Waals surface area contributed by atoms with E-state index in [0.29, 0.717) is 24.7 Å². The number of hydrogen-bond donors (Lipinski definition) is 0. The fraction of sp³-hybridized carbons (Fsp3) is 0.636. The van der Waals surface area contributed by atoms with Crippen molar-refractivity contribution in [2.75, 3.05) is 6.61 Å². The van der Waals surface area contributed by atoms with Crippen LogP contribution in [0.15, 0.2) is 0 Å². The van der Waals surface area contributed by atoms with Gasteiger partial charge in [-0.3, -0.25) is 0 Å². The lowest BCUT2D eigenvalue weighted by atomic mass is 10.2. The largest absolute Gasteiger partial charge is 0.461 e. The van der Waals surface area contributed by atoms with Crippen LogP contribution in [0.25, 0.3) is 0 Å². The number of esters is 1. The number of nitrogens with zero attached hydrogens (tertiary/aromatic N) is 7. The van der Waals surface area contributed by atoms with E-state index in [0.717, 1.165) is 0 Å². The Kier molecular flexibility index (Phi) is 4.06. The van der Waals surface area contributed by atoms with E-state index < -0.39 is 5.97 Å². The van der Waals surface area contributed by atoms with Gasteiger partial charge in [-0.25, -0.2) is 9.48 Å². The number of rotatable bonds is 5. The second-order valence-corrected chi connectivity index (χ2v) is 4.87. The zero-order valence-electron chi connectivity index (χ0n) is 11.9. The highest BCUT2D eigenvalue weighted by Crippen LogP contribution is 2.07. The van der Waals surface area contributed by atoms with Gasteiger partial charge in [0.2, 0.25) is 0 Å². The zero-order valence-corrected chi connectivity index (χ0v) is 11.9. The first-order valence-electron chi connectivity index (χ1n) is 6.27. The van der Waals surface area contributed by atoms with Crippen LogP contribution >= 0.6 is 0 Å². The molecule has 2 aromatic heterocycles. The quantitative estimate of drug-likeness (QED) is 0.708. The molecule has 9 heteroatoms. The minimum absolute atomic E-state index is 0.217. The van der Waals surface area contributed by atoms with Crippen LogP contribution in [0.3, 0.4) is 0 Å². The summed E-state index contributed by atoms with van der Waals surface area (Å²) in [6, 6.07) is 0. The highest BCUT2D eigenvalue weighted by Gasteiger charge is 2.19. The third kappa shape index (κ3) is 3.16. The molecule has 0 saturated carbocycles. The van der Waals surface area contributed by atoms with E-state index in [1.54, 1.807) is 18.7 Å². The van der Waals surface area contributed by atoms with Crippen LogP contribution in [0, 0.1) is 12.8 Å². The van der Waals surface area contributed by atoms with Gasteiger partial charge in [-0.1, -0.05) is 19.1 Å². The Bertz CT molecular complexity index is 602. The number of ether oxygens (including phenoxy) is 1. The molecule has 0 saturated heterocycles. The van der Waals surface area contributed by atoms with Gasteiger partial charge >= 0.3 is 5.97 Å². The number of aryl methyl sites for hydroxylation is 1. The lowest BCUT2D eigenvalue weighted by Gasteiger charge is -2.05. The van der Waals surface area contributed by atoms with Crippen molar-refractivity contribution >= 4 is 5.97 Å². The third-order valence-electron chi connectivity index (χ3n) is 2.56. The molecule has 9 nitrogen and oxygen atoms in total. The van der Waals surface area contributed by atoms with Gasteiger partial charge in [-0.15, -0.1) is 15.3 Å². The van der Waals surface area contributed by atoms with Gasteiger partial charge in [-0.2, -0.15) is 4.80 Å². The molecule has 0 amide bonds. The molecule has 0 N–H and O–H groups in total. The Balaban J connectivity index is 2.08. The number of carbonyl (C=O) groups is 1. The van der Waals surface area contributed by atoms with Crippen molar-refractivity contribution in [1.29, 1.82) is 0 Å². The van der Waals surface area contributed by atoms with E-state index in [1.165, 1.54) is 4.80 Å². The summed E-state index contributed by atoms with van der Waals surface area (Å²) in [6.07, 6.45) is 0. The smallest absolute Gasteiger partial charge is 0.360 e. The predicted octanol–water partition coefficient (Wildman–Crippen LogP) is -0.0289. The Morgan fingerprint density at radius 3 is 2.65 bits per heavy atom. The fourth-order valence-corrected chi connectivity index (χ4v) is 1.53. The lowest BCUT2D eigenvalue weighted by Crippen LogP contribution is -2.12. The van der Waals surface area contributed by atoms with Gasteiger partial charge < -0.3 is 4.74 Å². The van der Waals surface area contributed by atoms with Gasteiger partial charge in [0.05, 0.1) is 19.3 Å². The molecule has 0 fully saturated rings. The van der Waals surface area contributed by atoms with Crippen LogP contribution in [0.4, 0.5) is 0 Å². The molecule has 0 unspecified atom stereocenters. The van der Waals surface area contributed by atoms with Crippen molar-refractivity contribution in [1.82, 2.24) is 35.2 Å². The minimum atomic E-state index is -0.463. The van der Waals surface area contributed by atoms with Gasteiger partial charge in [-0.05, 0) is 18.1 Å². The first-order chi connectivity index (χ1) is 9.47. The summed E-state index contributed by atoms with van der Waals surface area (Å²) in [5.74, 6) is 0.315. The zero-order chi connectivity index (χ0) is 14.7. The van der Waals surface area contributed by atoms with E-state index in [1.807, 2.05) is 13.8 Å². The standard InChI is InChI=1S/C11H17N7O2/c1-7(2)6-20-11(19)10-8(3)18(16-13-10)5-9-12-15-17(4)14-9/h7H,5-6H2,1-4H3. The monoisotopic (exact) mass is 279 g/mol. The molecule has 0 bridgehead atoms. The van der Waals surface area contributed by atoms with Crippen LogP contribution in [0.5, 0.6) is 0 Å². The van der Waals surface area contributed by atoms with Crippen molar-refractivity contribution in [3.05, 3.63) is 17.2 Å². The Labute approximate surface area is 115 Å². The topological polar surface area (TPSA) is 101 Å². The van der Waals surface area contributed by atoms with E-state index in [4.69, 9.17) is 4.74 Å². The molecule has 0 aromatic carbocycles. The van der Waals surface area contributed by atoms with E-state index in [2.05, 4.69) is 25.7 Å². The molecule has 0 spiro atoms. The van der Waals surface area contributed by atoms with Crippen molar-refractivity contribution in [2.45, 2.75) is 27.3 Å². The molecule has 2 heterocycles. The molecule has 108 valence electrons. The Hall–Kier alpha value is -2.32. The van der Waals surface area contributed by atoms with Crippen molar-refractivity contribution < 1.29 is 9.53 Å². The van der Waals surface area contributed by atoms with Crippen LogP contribution in [-0.4, -0.2) is 47.8 Å². The minimum Gasteiger partial charge on any atom is -0.461 e. The molecular formula is C11H17N7O2. The van der Waals surface area contributed by atoms with Crippen LogP contribution in [0.2, 0.25) is 0 Å². The van der Waals surface area contributed by atoms with E-state index in [9.17, 15) is 4.79 Å². The predicted molar refractivity (Wildman–Crippen MR) is 67.8 cm³/mol. The average molecular weight is 279 g/mol. The average Bonchev–Trinajstić information content (AvgIpc) is 2.95. The highest BCUT2D eigenvalue weighted by molar-refractivity contribution is 5.88. The first kappa shape index (κ1) is 14.1. The first-order valence-corrected chi connectivity index (χ1v) is 6.27. The molecule has 2 rings (SSSR count).